The third-order valence-corrected chi connectivity index (χ3v) is 4.15. The topological polar surface area (TPSA) is 27.1 Å². The zero-order chi connectivity index (χ0) is 13.2. The molecule has 0 spiro atoms. The molecule has 3 aromatic rings. The predicted molar refractivity (Wildman–Crippen MR) is 79.3 cm³/mol. The van der Waals surface area contributed by atoms with Gasteiger partial charge in [-0.05, 0) is 23.6 Å². The average molecular weight is 293 g/mol. The molecule has 0 aliphatic carbocycles. The van der Waals surface area contributed by atoms with E-state index in [1.807, 2.05) is 12.1 Å². The third kappa shape index (κ3) is 2.22. The summed E-state index contributed by atoms with van der Waals surface area (Å²) in [5, 5.41) is 2.08. The number of hydrogen-bond donors (Lipinski definition) is 0. The second-order valence-electron chi connectivity index (χ2n) is 4.16. The van der Waals surface area contributed by atoms with Crippen LogP contribution in [-0.4, -0.2) is 16.7 Å². The lowest BCUT2D eigenvalue weighted by Gasteiger charge is -2.06. The molecule has 0 aliphatic rings. The van der Waals surface area contributed by atoms with Gasteiger partial charge in [-0.3, -0.25) is 0 Å². The van der Waals surface area contributed by atoms with Crippen LogP contribution in [0, 0.1) is 0 Å². The van der Waals surface area contributed by atoms with E-state index in [2.05, 4.69) is 33.1 Å². The summed E-state index contributed by atoms with van der Waals surface area (Å²) < 4.78 is 7.51. The summed E-state index contributed by atoms with van der Waals surface area (Å²) in [6.45, 7) is 0.795. The Bertz CT molecular complexity index is 691. The number of thiophene rings is 1. The zero-order valence-electron chi connectivity index (χ0n) is 10.5. The fourth-order valence-corrected chi connectivity index (χ4v) is 3.07. The van der Waals surface area contributed by atoms with Gasteiger partial charge in [0.05, 0.1) is 25.1 Å². The number of para-hydroxylation sites is 1. The van der Waals surface area contributed by atoms with Gasteiger partial charge in [0.25, 0.3) is 0 Å². The van der Waals surface area contributed by atoms with Crippen molar-refractivity contribution in [2.75, 3.05) is 7.11 Å². The van der Waals surface area contributed by atoms with Crippen LogP contribution in [0.5, 0.6) is 5.75 Å². The molecule has 1 aromatic carbocycles. The van der Waals surface area contributed by atoms with Crippen LogP contribution in [0.2, 0.25) is 0 Å². The molecule has 0 saturated heterocycles. The standard InChI is InChI=1S/C14H13ClN2OS/c1-18-12-6-2-5-11-14(12)16-13(8-15)17(11)9-10-4-3-7-19-10/h2-7H,8-9H2,1H3. The van der Waals surface area contributed by atoms with E-state index in [4.69, 9.17) is 16.3 Å². The largest absolute Gasteiger partial charge is 0.494 e. The van der Waals surface area contributed by atoms with Gasteiger partial charge in [-0.15, -0.1) is 22.9 Å². The molecule has 0 bridgehead atoms. The van der Waals surface area contributed by atoms with Crippen molar-refractivity contribution in [3.63, 3.8) is 0 Å². The molecule has 0 amide bonds. The molecule has 0 fully saturated rings. The molecule has 19 heavy (non-hydrogen) atoms. The summed E-state index contributed by atoms with van der Waals surface area (Å²) in [7, 11) is 1.66. The Morgan fingerprint density at radius 3 is 2.89 bits per heavy atom. The Morgan fingerprint density at radius 1 is 1.32 bits per heavy atom. The molecule has 2 heterocycles. The first-order chi connectivity index (χ1) is 9.33. The lowest BCUT2D eigenvalue weighted by molar-refractivity contribution is 0.419. The van der Waals surface area contributed by atoms with E-state index in [0.29, 0.717) is 5.88 Å². The molecule has 0 saturated carbocycles. The van der Waals surface area contributed by atoms with Crippen LogP contribution in [-0.2, 0) is 12.4 Å². The maximum Gasteiger partial charge on any atom is 0.146 e. The predicted octanol–water partition coefficient (Wildman–Crippen LogP) is 3.89. The zero-order valence-corrected chi connectivity index (χ0v) is 12.0. The minimum absolute atomic E-state index is 0.392. The Hall–Kier alpha value is -1.52. The number of nitrogens with zero attached hydrogens (tertiary/aromatic N) is 2. The first-order valence-electron chi connectivity index (χ1n) is 5.94. The van der Waals surface area contributed by atoms with E-state index < -0.39 is 0 Å². The fourth-order valence-electron chi connectivity index (χ4n) is 2.17. The molecule has 98 valence electrons. The molecular formula is C14H13ClN2OS. The summed E-state index contributed by atoms with van der Waals surface area (Å²) in [6.07, 6.45) is 0. The van der Waals surface area contributed by atoms with Crippen LogP contribution < -0.4 is 4.74 Å². The Kier molecular flexibility index (Phi) is 3.44. The Labute approximate surface area is 120 Å². The van der Waals surface area contributed by atoms with E-state index in [1.165, 1.54) is 4.88 Å². The lowest BCUT2D eigenvalue weighted by Crippen LogP contribution is -2.02. The smallest absolute Gasteiger partial charge is 0.146 e. The molecule has 5 heteroatoms. The molecule has 0 radical (unpaired) electrons. The highest BCUT2D eigenvalue weighted by Gasteiger charge is 2.13. The Balaban J connectivity index is 2.16. The quantitative estimate of drug-likeness (QED) is 0.682. The van der Waals surface area contributed by atoms with Gasteiger partial charge in [0, 0.05) is 4.88 Å². The van der Waals surface area contributed by atoms with Crippen molar-refractivity contribution >= 4 is 34.0 Å². The number of imidazole rings is 1. The van der Waals surface area contributed by atoms with Crippen molar-refractivity contribution in [2.45, 2.75) is 12.4 Å². The molecule has 3 nitrogen and oxygen atoms in total. The first kappa shape index (κ1) is 12.5. The monoisotopic (exact) mass is 292 g/mol. The lowest BCUT2D eigenvalue weighted by atomic mass is 10.3. The van der Waals surface area contributed by atoms with Gasteiger partial charge in [-0.1, -0.05) is 12.1 Å². The number of rotatable bonds is 4. The third-order valence-electron chi connectivity index (χ3n) is 3.05. The number of ether oxygens (including phenoxy) is 1. The average Bonchev–Trinajstić information content (AvgIpc) is 3.07. The van der Waals surface area contributed by atoms with Gasteiger partial charge in [-0.25, -0.2) is 4.98 Å². The second-order valence-corrected chi connectivity index (χ2v) is 5.45. The van der Waals surface area contributed by atoms with Crippen LogP contribution >= 0.6 is 22.9 Å². The van der Waals surface area contributed by atoms with E-state index in [9.17, 15) is 0 Å². The summed E-state index contributed by atoms with van der Waals surface area (Å²) in [6, 6.07) is 10.1. The van der Waals surface area contributed by atoms with Gasteiger partial charge < -0.3 is 9.30 Å². The fraction of sp³-hybridized carbons (Fsp3) is 0.214. The number of methoxy groups -OCH3 is 1. The van der Waals surface area contributed by atoms with Crippen LogP contribution in [0.3, 0.4) is 0 Å². The minimum atomic E-state index is 0.392. The number of aromatic nitrogens is 2. The molecule has 0 N–H and O–H groups in total. The van der Waals surface area contributed by atoms with Crippen molar-refractivity contribution in [2.24, 2.45) is 0 Å². The Morgan fingerprint density at radius 2 is 2.21 bits per heavy atom. The van der Waals surface area contributed by atoms with E-state index in [-0.39, 0.29) is 0 Å². The van der Waals surface area contributed by atoms with Crippen molar-refractivity contribution in [1.29, 1.82) is 0 Å². The summed E-state index contributed by atoms with van der Waals surface area (Å²) in [5.74, 6) is 2.05. The van der Waals surface area contributed by atoms with E-state index in [1.54, 1.807) is 18.4 Å². The summed E-state index contributed by atoms with van der Waals surface area (Å²) in [5.41, 5.74) is 1.93. The molecule has 0 aliphatic heterocycles. The molecule has 3 rings (SSSR count). The number of alkyl halides is 1. The van der Waals surface area contributed by atoms with Crippen molar-refractivity contribution in [1.82, 2.24) is 9.55 Å². The number of benzene rings is 1. The first-order valence-corrected chi connectivity index (χ1v) is 7.35. The van der Waals surface area contributed by atoms with E-state index in [0.717, 1.165) is 29.2 Å². The minimum Gasteiger partial charge on any atom is -0.494 e. The van der Waals surface area contributed by atoms with Crippen molar-refractivity contribution in [3.05, 3.63) is 46.4 Å². The maximum atomic E-state index is 6.02. The summed E-state index contributed by atoms with van der Waals surface area (Å²) in [4.78, 5) is 5.88. The number of hydrogen-bond acceptors (Lipinski definition) is 3. The van der Waals surface area contributed by atoms with E-state index >= 15 is 0 Å². The SMILES string of the molecule is COc1cccc2c1nc(CCl)n2Cc1cccs1. The van der Waals surface area contributed by atoms with Crippen molar-refractivity contribution < 1.29 is 4.74 Å². The van der Waals surface area contributed by atoms with Crippen LogP contribution in [0.4, 0.5) is 0 Å². The second kappa shape index (κ2) is 5.23. The van der Waals surface area contributed by atoms with Crippen LogP contribution in [0.25, 0.3) is 11.0 Å². The van der Waals surface area contributed by atoms with Crippen LogP contribution in [0.1, 0.15) is 10.7 Å². The summed E-state index contributed by atoms with van der Waals surface area (Å²) >= 11 is 7.75. The highest BCUT2D eigenvalue weighted by Crippen LogP contribution is 2.27. The molecular weight excluding hydrogens is 280 g/mol. The van der Waals surface area contributed by atoms with Gasteiger partial charge in [0.1, 0.15) is 17.1 Å². The van der Waals surface area contributed by atoms with Gasteiger partial charge in [-0.2, -0.15) is 0 Å². The number of halogens is 1. The van der Waals surface area contributed by atoms with Gasteiger partial charge >= 0.3 is 0 Å². The number of fused-ring (bicyclic) bond motifs is 1. The molecule has 2 aromatic heterocycles. The highest BCUT2D eigenvalue weighted by atomic mass is 35.5. The highest BCUT2D eigenvalue weighted by molar-refractivity contribution is 7.09. The van der Waals surface area contributed by atoms with Crippen LogP contribution in [0.15, 0.2) is 35.7 Å². The van der Waals surface area contributed by atoms with Gasteiger partial charge in [0.15, 0.2) is 0 Å². The normalized spacial score (nSPS) is 11.1. The molecule has 0 atom stereocenters. The van der Waals surface area contributed by atoms with Gasteiger partial charge in [0.2, 0.25) is 0 Å². The maximum absolute atomic E-state index is 6.02. The molecule has 0 unspecified atom stereocenters. The van der Waals surface area contributed by atoms with Crippen molar-refractivity contribution in [3.8, 4) is 5.75 Å².